The van der Waals surface area contributed by atoms with Crippen LogP contribution in [-0.4, -0.2) is 30.9 Å². The van der Waals surface area contributed by atoms with Crippen LogP contribution in [0.1, 0.15) is 33.1 Å². The second-order valence-corrected chi connectivity index (χ2v) is 7.55. The molecule has 0 saturated heterocycles. The Labute approximate surface area is 189 Å². The average molecular weight is 452 g/mol. The number of amides is 2. The van der Waals surface area contributed by atoms with Gasteiger partial charge in [-0.1, -0.05) is 42.5 Å². The van der Waals surface area contributed by atoms with Gasteiger partial charge in [0.2, 0.25) is 5.91 Å². The standard InChI is InChI=1S/C25H22F2N2O4/c1-32-20-11-9-17-21(23(20)33-2)25(31)29(14-16-8-10-18(26)19(27)12-16)22(17)24(30)28-13-15-6-4-3-5-7-15/h3-12,22H,13-14H2,1-2H3,(H,28,30). The van der Waals surface area contributed by atoms with E-state index in [1.807, 2.05) is 30.3 Å². The van der Waals surface area contributed by atoms with Crippen molar-refractivity contribution in [2.45, 2.75) is 19.1 Å². The number of fused-ring (bicyclic) bond motifs is 1. The molecule has 33 heavy (non-hydrogen) atoms. The molecule has 3 aromatic carbocycles. The summed E-state index contributed by atoms with van der Waals surface area (Å²) >= 11 is 0. The second kappa shape index (κ2) is 9.28. The van der Waals surface area contributed by atoms with Crippen molar-refractivity contribution in [2.75, 3.05) is 14.2 Å². The third-order valence-electron chi connectivity index (χ3n) is 5.55. The number of carbonyl (C=O) groups excluding carboxylic acids is 2. The van der Waals surface area contributed by atoms with Gasteiger partial charge in [0.05, 0.1) is 19.8 Å². The molecule has 1 aliphatic heterocycles. The Kier molecular flexibility index (Phi) is 6.26. The quantitative estimate of drug-likeness (QED) is 0.589. The highest BCUT2D eigenvalue weighted by molar-refractivity contribution is 6.07. The van der Waals surface area contributed by atoms with E-state index in [4.69, 9.17) is 9.47 Å². The van der Waals surface area contributed by atoms with Crippen molar-refractivity contribution in [3.63, 3.8) is 0 Å². The smallest absolute Gasteiger partial charge is 0.259 e. The van der Waals surface area contributed by atoms with E-state index in [-0.39, 0.29) is 24.4 Å². The van der Waals surface area contributed by atoms with E-state index in [0.29, 0.717) is 16.9 Å². The van der Waals surface area contributed by atoms with Crippen LogP contribution in [0.4, 0.5) is 8.78 Å². The average Bonchev–Trinajstić information content (AvgIpc) is 3.11. The number of rotatable bonds is 7. The van der Waals surface area contributed by atoms with Crippen LogP contribution in [0, 0.1) is 11.6 Å². The van der Waals surface area contributed by atoms with Gasteiger partial charge in [-0.15, -0.1) is 0 Å². The highest BCUT2D eigenvalue weighted by Gasteiger charge is 2.44. The third-order valence-corrected chi connectivity index (χ3v) is 5.55. The van der Waals surface area contributed by atoms with E-state index in [9.17, 15) is 18.4 Å². The summed E-state index contributed by atoms with van der Waals surface area (Å²) in [5.74, 6) is -2.32. The van der Waals surface area contributed by atoms with Crippen LogP contribution in [0.5, 0.6) is 11.5 Å². The van der Waals surface area contributed by atoms with Gasteiger partial charge in [0.15, 0.2) is 23.1 Å². The predicted molar refractivity (Wildman–Crippen MR) is 117 cm³/mol. The van der Waals surface area contributed by atoms with Crippen LogP contribution in [0.3, 0.4) is 0 Å². The van der Waals surface area contributed by atoms with Crippen molar-refractivity contribution in [3.8, 4) is 11.5 Å². The maximum atomic E-state index is 13.8. The largest absolute Gasteiger partial charge is 0.493 e. The maximum absolute atomic E-state index is 13.8. The van der Waals surface area contributed by atoms with E-state index in [1.165, 1.54) is 25.2 Å². The Hall–Kier alpha value is -3.94. The van der Waals surface area contributed by atoms with E-state index in [2.05, 4.69) is 5.32 Å². The number of benzene rings is 3. The van der Waals surface area contributed by atoms with Crippen molar-refractivity contribution >= 4 is 11.8 Å². The van der Waals surface area contributed by atoms with E-state index >= 15 is 0 Å². The lowest BCUT2D eigenvalue weighted by Crippen LogP contribution is -2.38. The highest BCUT2D eigenvalue weighted by Crippen LogP contribution is 2.44. The molecule has 0 aliphatic carbocycles. The molecule has 8 heteroatoms. The molecule has 6 nitrogen and oxygen atoms in total. The number of methoxy groups -OCH3 is 2. The Morgan fingerprint density at radius 1 is 0.970 bits per heavy atom. The molecule has 1 N–H and O–H groups in total. The fraction of sp³-hybridized carbons (Fsp3) is 0.200. The number of hydrogen-bond acceptors (Lipinski definition) is 4. The van der Waals surface area contributed by atoms with Crippen molar-refractivity contribution in [1.29, 1.82) is 0 Å². The molecule has 1 atom stereocenters. The van der Waals surface area contributed by atoms with Crippen LogP contribution in [-0.2, 0) is 17.9 Å². The molecular formula is C25H22F2N2O4. The molecule has 4 rings (SSSR count). The Morgan fingerprint density at radius 2 is 1.73 bits per heavy atom. The fourth-order valence-corrected chi connectivity index (χ4v) is 3.98. The molecule has 1 aliphatic rings. The van der Waals surface area contributed by atoms with Gasteiger partial charge >= 0.3 is 0 Å². The Balaban J connectivity index is 1.71. The number of halogens is 2. The third kappa shape index (κ3) is 4.24. The minimum atomic E-state index is -1.03. The van der Waals surface area contributed by atoms with Gasteiger partial charge in [-0.25, -0.2) is 8.78 Å². The normalized spacial score (nSPS) is 14.7. The molecule has 0 fully saturated rings. The summed E-state index contributed by atoms with van der Waals surface area (Å²) in [6.45, 7) is 0.172. The lowest BCUT2D eigenvalue weighted by Gasteiger charge is -2.25. The molecule has 3 aromatic rings. The molecule has 1 unspecified atom stereocenters. The number of carbonyl (C=O) groups is 2. The lowest BCUT2D eigenvalue weighted by atomic mass is 10.0. The molecular weight excluding hydrogens is 430 g/mol. The molecule has 0 spiro atoms. The van der Waals surface area contributed by atoms with Gasteiger partial charge in [-0.2, -0.15) is 0 Å². The lowest BCUT2D eigenvalue weighted by molar-refractivity contribution is -0.125. The SMILES string of the molecule is COc1ccc2c(c1OC)C(=O)N(Cc1ccc(F)c(F)c1)C2C(=O)NCc1ccccc1. The molecule has 2 amide bonds. The summed E-state index contributed by atoms with van der Waals surface area (Å²) in [5.41, 5.74) is 1.90. The zero-order chi connectivity index (χ0) is 23.5. The Bertz CT molecular complexity index is 1200. The molecule has 0 bridgehead atoms. The van der Waals surface area contributed by atoms with Gasteiger partial charge in [-0.05, 0) is 29.3 Å². The van der Waals surface area contributed by atoms with E-state index in [1.54, 1.807) is 12.1 Å². The summed E-state index contributed by atoms with van der Waals surface area (Å²) in [4.78, 5) is 28.0. The van der Waals surface area contributed by atoms with E-state index < -0.39 is 29.5 Å². The molecule has 0 saturated carbocycles. The predicted octanol–water partition coefficient (Wildman–Crippen LogP) is 4.00. The first-order valence-corrected chi connectivity index (χ1v) is 10.3. The first-order valence-electron chi connectivity index (χ1n) is 10.3. The van der Waals surface area contributed by atoms with Crippen molar-refractivity contribution < 1.29 is 27.8 Å². The second-order valence-electron chi connectivity index (χ2n) is 7.55. The summed E-state index contributed by atoms with van der Waals surface area (Å²) in [5, 5.41) is 2.87. The zero-order valence-electron chi connectivity index (χ0n) is 18.1. The monoisotopic (exact) mass is 452 g/mol. The fourth-order valence-electron chi connectivity index (χ4n) is 3.98. The molecule has 0 radical (unpaired) electrons. The number of nitrogens with zero attached hydrogens (tertiary/aromatic N) is 1. The first kappa shape index (κ1) is 22.3. The van der Waals surface area contributed by atoms with Gasteiger partial charge in [0, 0.05) is 18.7 Å². The summed E-state index contributed by atoms with van der Waals surface area (Å²) in [6.07, 6.45) is 0. The summed E-state index contributed by atoms with van der Waals surface area (Å²) in [6, 6.07) is 15.0. The van der Waals surface area contributed by atoms with Crippen LogP contribution in [0.15, 0.2) is 60.7 Å². The van der Waals surface area contributed by atoms with Gasteiger partial charge in [-0.3, -0.25) is 9.59 Å². The van der Waals surface area contributed by atoms with Gasteiger partial charge in [0.1, 0.15) is 6.04 Å². The van der Waals surface area contributed by atoms with Crippen molar-refractivity contribution in [1.82, 2.24) is 10.2 Å². The number of hydrogen-bond donors (Lipinski definition) is 1. The van der Waals surface area contributed by atoms with Crippen molar-refractivity contribution in [3.05, 3.63) is 94.6 Å². The molecule has 1 heterocycles. The minimum absolute atomic E-state index is 0.0976. The summed E-state index contributed by atoms with van der Waals surface area (Å²) in [7, 11) is 2.86. The summed E-state index contributed by atoms with van der Waals surface area (Å²) < 4.78 is 37.9. The first-order chi connectivity index (χ1) is 15.9. The number of ether oxygens (including phenoxy) is 2. The van der Waals surface area contributed by atoms with Crippen LogP contribution in [0.25, 0.3) is 0 Å². The number of nitrogens with one attached hydrogen (secondary N) is 1. The highest BCUT2D eigenvalue weighted by atomic mass is 19.2. The van der Waals surface area contributed by atoms with Gasteiger partial charge < -0.3 is 19.7 Å². The maximum Gasteiger partial charge on any atom is 0.259 e. The zero-order valence-corrected chi connectivity index (χ0v) is 18.1. The molecule has 0 aromatic heterocycles. The van der Waals surface area contributed by atoms with Crippen LogP contribution in [0.2, 0.25) is 0 Å². The molecule has 170 valence electrons. The van der Waals surface area contributed by atoms with Crippen LogP contribution < -0.4 is 14.8 Å². The van der Waals surface area contributed by atoms with Crippen molar-refractivity contribution in [2.24, 2.45) is 0 Å². The van der Waals surface area contributed by atoms with Gasteiger partial charge in [0.25, 0.3) is 5.91 Å². The van der Waals surface area contributed by atoms with E-state index in [0.717, 1.165) is 17.7 Å². The Morgan fingerprint density at radius 3 is 2.39 bits per heavy atom. The van der Waals surface area contributed by atoms with Crippen LogP contribution >= 0.6 is 0 Å². The minimum Gasteiger partial charge on any atom is -0.493 e. The topological polar surface area (TPSA) is 67.9 Å².